The molecule has 0 aliphatic rings. The lowest BCUT2D eigenvalue weighted by atomic mass is 9.94. The smallest absolute Gasteiger partial charge is 0.128 e. The molecule has 2 aromatic rings. The molecule has 1 atom stereocenters. The van der Waals surface area contributed by atoms with Crippen molar-refractivity contribution in [2.24, 2.45) is 0 Å². The van der Waals surface area contributed by atoms with Crippen LogP contribution < -0.4 is 4.74 Å². The van der Waals surface area contributed by atoms with Crippen LogP contribution in [0.15, 0.2) is 39.3 Å². The van der Waals surface area contributed by atoms with E-state index in [0.717, 1.165) is 36.9 Å². The summed E-state index contributed by atoms with van der Waals surface area (Å²) in [7, 11) is 1.63. The normalized spacial score (nSPS) is 12.3. The number of rotatable bonds is 3. The minimum Gasteiger partial charge on any atom is -0.496 e. The van der Waals surface area contributed by atoms with Crippen LogP contribution in [-0.2, 0) is 0 Å². The van der Waals surface area contributed by atoms with Crippen LogP contribution in [-0.4, -0.2) is 12.2 Å². The molecule has 0 aromatic heterocycles. The van der Waals surface area contributed by atoms with Crippen LogP contribution in [0.5, 0.6) is 5.75 Å². The fourth-order valence-corrected chi connectivity index (χ4v) is 3.29. The van der Waals surface area contributed by atoms with Gasteiger partial charge in [0.2, 0.25) is 0 Å². The monoisotopic (exact) mass is 398 g/mol. The van der Waals surface area contributed by atoms with Crippen molar-refractivity contribution in [2.75, 3.05) is 7.11 Å². The Morgan fingerprint density at radius 1 is 1.15 bits per heavy atom. The van der Waals surface area contributed by atoms with E-state index in [1.807, 2.05) is 44.2 Å². The van der Waals surface area contributed by atoms with E-state index in [9.17, 15) is 5.11 Å². The quantitative estimate of drug-likeness (QED) is 0.793. The predicted octanol–water partition coefficient (Wildman–Crippen LogP) is 4.92. The van der Waals surface area contributed by atoms with E-state index in [4.69, 9.17) is 4.74 Å². The summed E-state index contributed by atoms with van der Waals surface area (Å²) in [5.74, 6) is 0.734. The van der Waals surface area contributed by atoms with Gasteiger partial charge in [0.1, 0.15) is 11.9 Å². The Morgan fingerprint density at radius 2 is 1.85 bits per heavy atom. The first-order valence-corrected chi connectivity index (χ1v) is 7.81. The van der Waals surface area contributed by atoms with E-state index < -0.39 is 6.10 Å². The minimum absolute atomic E-state index is 0.723. The van der Waals surface area contributed by atoms with Crippen molar-refractivity contribution < 1.29 is 9.84 Å². The summed E-state index contributed by atoms with van der Waals surface area (Å²) in [4.78, 5) is 0. The Bertz CT molecular complexity index is 639. The molecule has 2 nitrogen and oxygen atoms in total. The summed E-state index contributed by atoms with van der Waals surface area (Å²) >= 11 is 6.97. The van der Waals surface area contributed by atoms with Crippen LogP contribution in [0.25, 0.3) is 0 Å². The Kier molecular flexibility index (Phi) is 4.89. The Labute approximate surface area is 136 Å². The van der Waals surface area contributed by atoms with Gasteiger partial charge in [0, 0.05) is 14.5 Å². The van der Waals surface area contributed by atoms with Crippen LogP contribution in [0.1, 0.15) is 28.4 Å². The second-order valence-electron chi connectivity index (χ2n) is 4.70. The van der Waals surface area contributed by atoms with E-state index in [1.165, 1.54) is 0 Å². The summed E-state index contributed by atoms with van der Waals surface area (Å²) in [5, 5.41) is 10.7. The zero-order valence-electron chi connectivity index (χ0n) is 11.6. The van der Waals surface area contributed by atoms with Gasteiger partial charge in [0.15, 0.2) is 0 Å². The van der Waals surface area contributed by atoms with Crippen LogP contribution in [0.4, 0.5) is 0 Å². The highest BCUT2D eigenvalue weighted by atomic mass is 79.9. The molecule has 1 N–H and O–H groups in total. The maximum absolute atomic E-state index is 10.7. The summed E-state index contributed by atoms with van der Waals surface area (Å²) in [6.45, 7) is 3.95. The third kappa shape index (κ3) is 2.92. The summed E-state index contributed by atoms with van der Waals surface area (Å²) < 4.78 is 7.41. The molecule has 0 radical (unpaired) electrons. The van der Waals surface area contributed by atoms with Crippen molar-refractivity contribution in [3.05, 3.63) is 61.5 Å². The molecule has 0 spiro atoms. The summed E-state index contributed by atoms with van der Waals surface area (Å²) in [6.07, 6.45) is -0.723. The summed E-state index contributed by atoms with van der Waals surface area (Å²) in [6, 6.07) is 9.68. The molecule has 0 heterocycles. The van der Waals surface area contributed by atoms with E-state index in [0.29, 0.717) is 0 Å². The lowest BCUT2D eigenvalue weighted by Gasteiger charge is -2.21. The van der Waals surface area contributed by atoms with Gasteiger partial charge in [-0.3, -0.25) is 0 Å². The molecule has 2 aromatic carbocycles. The average Bonchev–Trinajstić information content (AvgIpc) is 2.41. The van der Waals surface area contributed by atoms with Gasteiger partial charge in [0.05, 0.1) is 7.11 Å². The fraction of sp³-hybridized carbons (Fsp3) is 0.250. The van der Waals surface area contributed by atoms with Crippen LogP contribution >= 0.6 is 31.9 Å². The van der Waals surface area contributed by atoms with Crippen molar-refractivity contribution in [1.82, 2.24) is 0 Å². The molecule has 2 rings (SSSR count). The molecular formula is C16H16Br2O2. The third-order valence-corrected chi connectivity index (χ3v) is 4.67. The lowest BCUT2D eigenvalue weighted by molar-refractivity contribution is 0.213. The van der Waals surface area contributed by atoms with Crippen molar-refractivity contribution >= 4 is 31.9 Å². The third-order valence-electron chi connectivity index (χ3n) is 3.35. The lowest BCUT2D eigenvalue weighted by Crippen LogP contribution is -2.07. The van der Waals surface area contributed by atoms with Crippen LogP contribution in [0, 0.1) is 13.8 Å². The van der Waals surface area contributed by atoms with Gasteiger partial charge in [-0.2, -0.15) is 0 Å². The molecule has 20 heavy (non-hydrogen) atoms. The maximum Gasteiger partial charge on any atom is 0.128 e. The first-order valence-electron chi connectivity index (χ1n) is 6.22. The zero-order valence-corrected chi connectivity index (χ0v) is 14.7. The van der Waals surface area contributed by atoms with E-state index in [1.54, 1.807) is 7.11 Å². The number of aliphatic hydroxyl groups excluding tert-OH is 1. The van der Waals surface area contributed by atoms with Gasteiger partial charge in [0.25, 0.3) is 0 Å². The number of benzene rings is 2. The van der Waals surface area contributed by atoms with Crippen molar-refractivity contribution in [2.45, 2.75) is 20.0 Å². The van der Waals surface area contributed by atoms with E-state index in [2.05, 4.69) is 31.9 Å². The first kappa shape index (κ1) is 15.5. The molecule has 0 bridgehead atoms. The first-order chi connectivity index (χ1) is 9.45. The van der Waals surface area contributed by atoms with Crippen molar-refractivity contribution in [1.29, 1.82) is 0 Å². The topological polar surface area (TPSA) is 29.5 Å². The van der Waals surface area contributed by atoms with Gasteiger partial charge >= 0.3 is 0 Å². The molecule has 0 aliphatic heterocycles. The molecule has 0 amide bonds. The molecule has 0 aliphatic carbocycles. The van der Waals surface area contributed by atoms with Gasteiger partial charge in [-0.1, -0.05) is 44.0 Å². The van der Waals surface area contributed by atoms with Gasteiger partial charge in [-0.25, -0.2) is 0 Å². The number of hydrogen-bond acceptors (Lipinski definition) is 2. The largest absolute Gasteiger partial charge is 0.496 e. The highest BCUT2D eigenvalue weighted by Crippen LogP contribution is 2.39. The predicted molar refractivity (Wildman–Crippen MR) is 88.4 cm³/mol. The molecule has 1 unspecified atom stereocenters. The summed E-state index contributed by atoms with van der Waals surface area (Å²) in [5.41, 5.74) is 3.62. The van der Waals surface area contributed by atoms with E-state index in [-0.39, 0.29) is 0 Å². The highest BCUT2D eigenvalue weighted by Gasteiger charge is 2.21. The van der Waals surface area contributed by atoms with Gasteiger partial charge in [-0.15, -0.1) is 0 Å². The SMILES string of the molecule is COc1c(C)cc(Br)c(C)c1C(O)c1cccc(Br)c1. The van der Waals surface area contributed by atoms with E-state index >= 15 is 0 Å². The Balaban J connectivity index is 2.62. The number of aliphatic hydroxyl groups is 1. The van der Waals surface area contributed by atoms with Crippen molar-refractivity contribution in [3.63, 3.8) is 0 Å². The minimum atomic E-state index is -0.723. The standard InChI is InChI=1S/C16H16Br2O2/c1-9-7-13(18)10(2)14(16(9)20-3)15(19)11-5-4-6-12(17)8-11/h4-8,15,19H,1-3H3. The number of methoxy groups -OCH3 is 1. The Morgan fingerprint density at radius 3 is 2.45 bits per heavy atom. The van der Waals surface area contributed by atoms with Gasteiger partial charge in [-0.05, 0) is 48.7 Å². The maximum atomic E-state index is 10.7. The van der Waals surface area contributed by atoms with Crippen LogP contribution in [0.3, 0.4) is 0 Å². The molecule has 106 valence electrons. The number of aryl methyl sites for hydroxylation is 1. The molecular weight excluding hydrogens is 384 g/mol. The second kappa shape index (κ2) is 6.29. The molecule has 4 heteroatoms. The zero-order chi connectivity index (χ0) is 14.9. The molecule has 0 saturated heterocycles. The molecule has 0 saturated carbocycles. The second-order valence-corrected chi connectivity index (χ2v) is 6.47. The molecule has 0 fully saturated rings. The van der Waals surface area contributed by atoms with Crippen molar-refractivity contribution in [3.8, 4) is 5.75 Å². The van der Waals surface area contributed by atoms with Gasteiger partial charge < -0.3 is 9.84 Å². The highest BCUT2D eigenvalue weighted by molar-refractivity contribution is 9.10. The number of halogens is 2. The number of hydrogen-bond donors (Lipinski definition) is 1. The fourth-order valence-electron chi connectivity index (χ4n) is 2.32. The van der Waals surface area contributed by atoms with Crippen LogP contribution in [0.2, 0.25) is 0 Å². The number of ether oxygens (including phenoxy) is 1. The Hall–Kier alpha value is -0.840. The average molecular weight is 400 g/mol.